The predicted octanol–water partition coefficient (Wildman–Crippen LogP) is 1.22. The lowest BCUT2D eigenvalue weighted by atomic mass is 10.2. The molecule has 0 aliphatic heterocycles. The van der Waals surface area contributed by atoms with Gasteiger partial charge in [-0.3, -0.25) is 9.59 Å². The van der Waals surface area contributed by atoms with E-state index in [2.05, 4.69) is 0 Å². The molecular formula is C11H19NO6. The summed E-state index contributed by atoms with van der Waals surface area (Å²) >= 11 is 0. The monoisotopic (exact) mass is 261 g/mol. The Morgan fingerprint density at radius 1 is 1.28 bits per heavy atom. The van der Waals surface area contributed by atoms with Crippen LogP contribution in [0.25, 0.3) is 0 Å². The average Bonchev–Trinajstić information content (AvgIpc) is 2.24. The molecule has 0 saturated heterocycles. The number of ether oxygens (including phenoxy) is 2. The van der Waals surface area contributed by atoms with Crippen molar-refractivity contribution in [3.8, 4) is 0 Å². The first-order chi connectivity index (χ1) is 8.36. The van der Waals surface area contributed by atoms with Crippen molar-refractivity contribution in [1.82, 2.24) is 4.90 Å². The molecule has 0 rings (SSSR count). The highest BCUT2D eigenvalue weighted by atomic mass is 16.7. The molecule has 0 spiro atoms. The van der Waals surface area contributed by atoms with Gasteiger partial charge in [0.2, 0.25) is 6.29 Å². The molecule has 7 heteroatoms. The second kappa shape index (κ2) is 8.32. The van der Waals surface area contributed by atoms with Gasteiger partial charge in [-0.1, -0.05) is 13.3 Å². The molecule has 0 fully saturated rings. The molecule has 1 unspecified atom stereocenters. The Labute approximate surface area is 106 Å². The number of carbonyl (C=O) groups excluding carboxylic acids is 2. The molecule has 1 N–H and O–H groups in total. The Morgan fingerprint density at radius 3 is 2.39 bits per heavy atom. The number of aliphatic carboxylic acids is 1. The van der Waals surface area contributed by atoms with Crippen molar-refractivity contribution in [2.24, 2.45) is 0 Å². The SMILES string of the molecule is CCCCC(=O)OC(C)OC(=O)N(C)CC(=O)O. The topological polar surface area (TPSA) is 93.1 Å². The first-order valence-corrected chi connectivity index (χ1v) is 5.69. The van der Waals surface area contributed by atoms with Crippen molar-refractivity contribution in [3.63, 3.8) is 0 Å². The van der Waals surface area contributed by atoms with Crippen molar-refractivity contribution in [2.45, 2.75) is 39.4 Å². The number of hydrogen-bond acceptors (Lipinski definition) is 5. The number of nitrogens with zero attached hydrogens (tertiary/aromatic N) is 1. The first kappa shape index (κ1) is 16.2. The maximum atomic E-state index is 11.3. The summed E-state index contributed by atoms with van der Waals surface area (Å²) in [4.78, 5) is 33.8. The third kappa shape index (κ3) is 7.48. The van der Waals surface area contributed by atoms with Crippen molar-refractivity contribution in [1.29, 1.82) is 0 Å². The lowest BCUT2D eigenvalue weighted by Crippen LogP contribution is -2.35. The molecule has 1 amide bonds. The Morgan fingerprint density at radius 2 is 1.89 bits per heavy atom. The molecule has 0 saturated carbocycles. The standard InChI is InChI=1S/C11H19NO6/c1-4-5-6-10(15)17-8(2)18-11(16)12(3)7-9(13)14/h8H,4-7H2,1-3H3,(H,13,14). The minimum Gasteiger partial charge on any atom is -0.480 e. The summed E-state index contributed by atoms with van der Waals surface area (Å²) in [6, 6.07) is 0. The van der Waals surface area contributed by atoms with Crippen LogP contribution >= 0.6 is 0 Å². The second-order valence-corrected chi connectivity index (χ2v) is 3.79. The second-order valence-electron chi connectivity index (χ2n) is 3.79. The molecule has 1 atom stereocenters. The van der Waals surface area contributed by atoms with Crippen LogP contribution in [0.2, 0.25) is 0 Å². The van der Waals surface area contributed by atoms with Crippen LogP contribution in [0.15, 0.2) is 0 Å². The number of carboxylic acids is 1. The predicted molar refractivity (Wildman–Crippen MR) is 61.8 cm³/mol. The summed E-state index contributed by atoms with van der Waals surface area (Å²) in [5, 5.41) is 8.47. The van der Waals surface area contributed by atoms with E-state index in [4.69, 9.17) is 14.6 Å². The Hall–Kier alpha value is -1.79. The number of unbranched alkanes of at least 4 members (excludes halogenated alkanes) is 1. The van der Waals surface area contributed by atoms with Gasteiger partial charge < -0.3 is 19.5 Å². The molecule has 104 valence electrons. The van der Waals surface area contributed by atoms with E-state index in [-0.39, 0.29) is 6.42 Å². The maximum Gasteiger partial charge on any atom is 0.413 e. The quantitative estimate of drug-likeness (QED) is 0.547. The molecule has 0 heterocycles. The molecule has 0 aliphatic carbocycles. The number of esters is 1. The van der Waals surface area contributed by atoms with E-state index in [0.717, 1.165) is 11.3 Å². The Balaban J connectivity index is 3.99. The van der Waals surface area contributed by atoms with Crippen LogP contribution in [0.5, 0.6) is 0 Å². The Bertz CT molecular complexity index is 304. The van der Waals surface area contributed by atoms with Crippen LogP contribution in [0.1, 0.15) is 33.1 Å². The number of likely N-dealkylation sites (N-methyl/N-ethyl adjacent to an activating group) is 1. The maximum absolute atomic E-state index is 11.3. The van der Waals surface area contributed by atoms with E-state index in [1.807, 2.05) is 6.92 Å². The highest BCUT2D eigenvalue weighted by Gasteiger charge is 2.18. The van der Waals surface area contributed by atoms with E-state index in [0.29, 0.717) is 6.42 Å². The largest absolute Gasteiger partial charge is 0.480 e. The van der Waals surface area contributed by atoms with Gasteiger partial charge in [-0.2, -0.15) is 0 Å². The molecule has 0 aromatic carbocycles. The lowest BCUT2D eigenvalue weighted by Gasteiger charge is -2.18. The molecular weight excluding hydrogens is 242 g/mol. The molecule has 0 bridgehead atoms. The van der Waals surface area contributed by atoms with Gasteiger partial charge in [0.1, 0.15) is 6.54 Å². The van der Waals surface area contributed by atoms with Gasteiger partial charge >= 0.3 is 18.0 Å². The number of carbonyl (C=O) groups is 3. The van der Waals surface area contributed by atoms with Crippen LogP contribution in [0.4, 0.5) is 4.79 Å². The highest BCUT2D eigenvalue weighted by molar-refractivity contribution is 5.76. The normalized spacial score (nSPS) is 11.5. The van der Waals surface area contributed by atoms with E-state index in [1.54, 1.807) is 0 Å². The molecule has 0 aromatic heterocycles. The molecule has 0 radical (unpaired) electrons. The van der Waals surface area contributed by atoms with Gasteiger partial charge in [0.25, 0.3) is 0 Å². The first-order valence-electron chi connectivity index (χ1n) is 5.69. The third-order valence-corrected chi connectivity index (χ3v) is 1.98. The summed E-state index contributed by atoms with van der Waals surface area (Å²) in [5.41, 5.74) is 0. The zero-order valence-corrected chi connectivity index (χ0v) is 10.8. The van der Waals surface area contributed by atoms with Crippen molar-refractivity contribution in [3.05, 3.63) is 0 Å². The van der Waals surface area contributed by atoms with Gasteiger partial charge in [-0.15, -0.1) is 0 Å². The van der Waals surface area contributed by atoms with E-state index in [9.17, 15) is 14.4 Å². The number of rotatable bonds is 7. The summed E-state index contributed by atoms with van der Waals surface area (Å²) in [6.07, 6.45) is -0.0434. The molecule has 0 aromatic rings. The fraction of sp³-hybridized carbons (Fsp3) is 0.727. The summed E-state index contributed by atoms with van der Waals surface area (Å²) in [6.45, 7) is 2.86. The van der Waals surface area contributed by atoms with Gasteiger partial charge in [-0.05, 0) is 6.42 Å². The van der Waals surface area contributed by atoms with Crippen molar-refractivity contribution < 1.29 is 29.0 Å². The summed E-state index contributed by atoms with van der Waals surface area (Å²) < 4.78 is 9.57. The number of carboxylic acid groups (broad SMARTS) is 1. The van der Waals surface area contributed by atoms with Gasteiger partial charge in [0.15, 0.2) is 0 Å². The van der Waals surface area contributed by atoms with E-state index in [1.165, 1.54) is 14.0 Å². The van der Waals surface area contributed by atoms with Crippen LogP contribution in [0, 0.1) is 0 Å². The van der Waals surface area contributed by atoms with E-state index >= 15 is 0 Å². The minimum absolute atomic E-state index is 0.267. The third-order valence-electron chi connectivity index (χ3n) is 1.98. The van der Waals surface area contributed by atoms with Gasteiger partial charge in [0, 0.05) is 20.4 Å². The fourth-order valence-corrected chi connectivity index (χ4v) is 1.09. The van der Waals surface area contributed by atoms with Gasteiger partial charge in [-0.25, -0.2) is 4.79 Å². The Kier molecular flexibility index (Phi) is 7.50. The van der Waals surface area contributed by atoms with Gasteiger partial charge in [0.05, 0.1) is 0 Å². The number of hydrogen-bond donors (Lipinski definition) is 1. The summed E-state index contributed by atoms with van der Waals surface area (Å²) in [7, 11) is 1.28. The lowest BCUT2D eigenvalue weighted by molar-refractivity contribution is -0.166. The summed E-state index contributed by atoms with van der Waals surface area (Å²) in [5.74, 6) is -1.60. The smallest absolute Gasteiger partial charge is 0.413 e. The van der Waals surface area contributed by atoms with Crippen LogP contribution in [0.3, 0.4) is 0 Å². The van der Waals surface area contributed by atoms with Crippen LogP contribution < -0.4 is 0 Å². The highest BCUT2D eigenvalue weighted by Crippen LogP contribution is 2.03. The molecule has 18 heavy (non-hydrogen) atoms. The van der Waals surface area contributed by atoms with Crippen LogP contribution in [-0.4, -0.2) is 47.9 Å². The number of amides is 1. The average molecular weight is 261 g/mol. The van der Waals surface area contributed by atoms with Crippen molar-refractivity contribution in [2.75, 3.05) is 13.6 Å². The zero-order valence-electron chi connectivity index (χ0n) is 10.8. The minimum atomic E-state index is -1.15. The zero-order chi connectivity index (χ0) is 14.1. The fourth-order valence-electron chi connectivity index (χ4n) is 1.09. The van der Waals surface area contributed by atoms with E-state index < -0.39 is 30.9 Å². The molecule has 7 nitrogen and oxygen atoms in total. The van der Waals surface area contributed by atoms with Crippen LogP contribution in [-0.2, 0) is 19.1 Å². The van der Waals surface area contributed by atoms with Crippen molar-refractivity contribution >= 4 is 18.0 Å². The molecule has 0 aliphatic rings.